The van der Waals surface area contributed by atoms with Crippen LogP contribution < -0.4 is 5.32 Å². The number of rotatable bonds is 5. The van der Waals surface area contributed by atoms with Crippen molar-refractivity contribution in [2.24, 2.45) is 0 Å². The van der Waals surface area contributed by atoms with E-state index < -0.39 is 6.10 Å². The summed E-state index contributed by atoms with van der Waals surface area (Å²) in [7, 11) is 0. The molecule has 0 spiro atoms. The molecule has 1 unspecified atom stereocenters. The first-order chi connectivity index (χ1) is 11.7. The van der Waals surface area contributed by atoms with Gasteiger partial charge in [0.15, 0.2) is 5.76 Å². The lowest BCUT2D eigenvalue weighted by Gasteiger charge is -2.08. The summed E-state index contributed by atoms with van der Waals surface area (Å²) < 4.78 is 5.21. The zero-order valence-electron chi connectivity index (χ0n) is 13.1. The molecule has 0 aliphatic heterocycles. The molecule has 2 N–H and O–H groups in total. The lowest BCUT2D eigenvalue weighted by Crippen LogP contribution is -2.24. The molecule has 1 amide bonds. The average molecular weight is 323 g/mol. The number of carbonyl (C=O) groups is 1. The van der Waals surface area contributed by atoms with Crippen molar-refractivity contribution in [2.45, 2.75) is 19.6 Å². The van der Waals surface area contributed by atoms with Gasteiger partial charge in [0.1, 0.15) is 17.4 Å². The normalized spacial score (nSPS) is 11.9. The van der Waals surface area contributed by atoms with Crippen LogP contribution in [0.15, 0.2) is 59.4 Å². The van der Waals surface area contributed by atoms with Crippen LogP contribution in [0.25, 0.3) is 11.3 Å². The van der Waals surface area contributed by atoms with Gasteiger partial charge < -0.3 is 14.9 Å². The first-order valence-electron chi connectivity index (χ1n) is 7.57. The van der Waals surface area contributed by atoms with Crippen molar-refractivity contribution >= 4 is 5.91 Å². The van der Waals surface area contributed by atoms with Gasteiger partial charge in [-0.2, -0.15) is 0 Å². The molecule has 122 valence electrons. The van der Waals surface area contributed by atoms with Gasteiger partial charge in [0.25, 0.3) is 5.91 Å². The highest BCUT2D eigenvalue weighted by atomic mass is 16.5. The van der Waals surface area contributed by atoms with Crippen LogP contribution in [0.4, 0.5) is 0 Å². The smallest absolute Gasteiger partial charge is 0.257 e. The van der Waals surface area contributed by atoms with E-state index in [-0.39, 0.29) is 17.2 Å². The number of carbonyl (C=O) groups excluding carboxylic acids is 1. The largest absolute Gasteiger partial charge is 0.385 e. The molecule has 2 aromatic heterocycles. The van der Waals surface area contributed by atoms with Gasteiger partial charge in [0.05, 0.1) is 0 Å². The second kappa shape index (κ2) is 7.06. The predicted molar refractivity (Wildman–Crippen MR) is 88.0 cm³/mol. The number of amides is 1. The monoisotopic (exact) mass is 323 g/mol. The molecule has 0 saturated carbocycles. The quantitative estimate of drug-likeness (QED) is 0.753. The van der Waals surface area contributed by atoms with E-state index in [1.54, 1.807) is 18.5 Å². The molecule has 0 radical (unpaired) electrons. The van der Waals surface area contributed by atoms with Gasteiger partial charge in [-0.3, -0.25) is 9.78 Å². The van der Waals surface area contributed by atoms with Crippen molar-refractivity contribution in [3.63, 3.8) is 0 Å². The maximum atomic E-state index is 12.7. The van der Waals surface area contributed by atoms with Crippen LogP contribution in [0.3, 0.4) is 0 Å². The Labute approximate surface area is 139 Å². The van der Waals surface area contributed by atoms with E-state index in [2.05, 4.69) is 15.5 Å². The summed E-state index contributed by atoms with van der Waals surface area (Å²) in [4.78, 5) is 16.7. The van der Waals surface area contributed by atoms with Gasteiger partial charge >= 0.3 is 0 Å². The molecule has 0 bridgehead atoms. The van der Waals surface area contributed by atoms with Gasteiger partial charge in [0, 0.05) is 24.5 Å². The third-order valence-corrected chi connectivity index (χ3v) is 3.55. The lowest BCUT2D eigenvalue weighted by atomic mass is 10.0. The summed E-state index contributed by atoms with van der Waals surface area (Å²) in [5.41, 5.74) is 2.29. The third kappa shape index (κ3) is 3.33. The van der Waals surface area contributed by atoms with Crippen molar-refractivity contribution in [3.8, 4) is 11.3 Å². The minimum absolute atomic E-state index is 0.150. The minimum atomic E-state index is -0.936. The highest BCUT2D eigenvalue weighted by molar-refractivity contribution is 6.00. The van der Waals surface area contributed by atoms with Crippen LogP contribution in [0.2, 0.25) is 0 Å². The van der Waals surface area contributed by atoms with Crippen LogP contribution in [0, 0.1) is 0 Å². The summed E-state index contributed by atoms with van der Waals surface area (Å²) in [5.74, 6) is -0.201. The highest BCUT2D eigenvalue weighted by Crippen LogP contribution is 2.29. The fraction of sp³-hybridized carbons (Fsp3) is 0.167. The molecule has 0 fully saturated rings. The van der Waals surface area contributed by atoms with Gasteiger partial charge in [-0.05, 0) is 18.6 Å². The fourth-order valence-electron chi connectivity index (χ4n) is 2.37. The molecule has 2 heterocycles. The predicted octanol–water partition coefficient (Wildman–Crippen LogP) is 2.72. The minimum Gasteiger partial charge on any atom is -0.385 e. The number of hydrogen-bond acceptors (Lipinski definition) is 5. The molecule has 24 heavy (non-hydrogen) atoms. The number of aliphatic hydroxyl groups is 1. The van der Waals surface area contributed by atoms with Crippen LogP contribution in [0.5, 0.6) is 0 Å². The lowest BCUT2D eigenvalue weighted by molar-refractivity contribution is 0.0938. The molecule has 3 rings (SSSR count). The standard InChI is InChI=1S/C18H17N3O3/c1-12(22)17-15(16(21-24-17)14-7-3-2-4-8-14)18(23)20-11-13-6-5-9-19-10-13/h2-10,12,22H,11H2,1H3,(H,20,23). The van der Waals surface area contributed by atoms with Crippen LogP contribution in [0.1, 0.15) is 34.7 Å². The summed E-state index contributed by atoms with van der Waals surface area (Å²) in [6.45, 7) is 1.86. The Hall–Kier alpha value is -2.99. The molecule has 1 aromatic carbocycles. The summed E-state index contributed by atoms with van der Waals surface area (Å²) in [6.07, 6.45) is 2.42. The number of pyridine rings is 1. The molecule has 3 aromatic rings. The second-order valence-corrected chi connectivity index (χ2v) is 5.36. The third-order valence-electron chi connectivity index (χ3n) is 3.55. The molecular weight excluding hydrogens is 306 g/mol. The maximum Gasteiger partial charge on any atom is 0.257 e. The molecule has 6 nitrogen and oxygen atoms in total. The number of benzene rings is 1. The van der Waals surface area contributed by atoms with Gasteiger partial charge in [-0.25, -0.2) is 0 Å². The first-order valence-corrected chi connectivity index (χ1v) is 7.57. The zero-order chi connectivity index (χ0) is 16.9. The number of hydrogen-bond donors (Lipinski definition) is 2. The topological polar surface area (TPSA) is 88.2 Å². The summed E-state index contributed by atoms with van der Waals surface area (Å²) in [5, 5.41) is 16.7. The van der Waals surface area contributed by atoms with Crippen LogP contribution >= 0.6 is 0 Å². The average Bonchev–Trinajstić information content (AvgIpc) is 3.07. The first kappa shape index (κ1) is 15.9. The number of aliphatic hydroxyl groups excluding tert-OH is 1. The van der Waals surface area contributed by atoms with Crippen molar-refractivity contribution in [2.75, 3.05) is 0 Å². The number of nitrogens with one attached hydrogen (secondary N) is 1. The molecule has 6 heteroatoms. The Kier molecular flexibility index (Phi) is 4.67. The summed E-state index contributed by atoms with van der Waals surface area (Å²) >= 11 is 0. The van der Waals surface area contributed by atoms with Crippen molar-refractivity contribution in [3.05, 3.63) is 71.7 Å². The Balaban J connectivity index is 1.90. The van der Waals surface area contributed by atoms with Crippen LogP contribution in [-0.4, -0.2) is 21.2 Å². The van der Waals surface area contributed by atoms with E-state index in [0.29, 0.717) is 12.2 Å². The van der Waals surface area contributed by atoms with E-state index in [1.807, 2.05) is 36.4 Å². The van der Waals surface area contributed by atoms with E-state index in [4.69, 9.17) is 4.52 Å². The van der Waals surface area contributed by atoms with Gasteiger partial charge in [0.2, 0.25) is 0 Å². The molecule has 0 aliphatic carbocycles. The Bertz CT molecular complexity index is 814. The molecule has 0 saturated heterocycles. The van der Waals surface area contributed by atoms with Crippen LogP contribution in [-0.2, 0) is 6.54 Å². The van der Waals surface area contributed by atoms with E-state index >= 15 is 0 Å². The zero-order valence-corrected chi connectivity index (χ0v) is 13.1. The fourth-order valence-corrected chi connectivity index (χ4v) is 2.37. The Morgan fingerprint density at radius 3 is 2.71 bits per heavy atom. The highest BCUT2D eigenvalue weighted by Gasteiger charge is 2.26. The summed E-state index contributed by atoms with van der Waals surface area (Å²) in [6, 6.07) is 12.9. The Morgan fingerprint density at radius 1 is 1.25 bits per heavy atom. The van der Waals surface area contributed by atoms with E-state index in [0.717, 1.165) is 11.1 Å². The van der Waals surface area contributed by atoms with E-state index in [9.17, 15) is 9.90 Å². The Morgan fingerprint density at radius 2 is 2.04 bits per heavy atom. The molecular formula is C18H17N3O3. The maximum absolute atomic E-state index is 12.7. The SMILES string of the molecule is CC(O)c1onc(-c2ccccc2)c1C(=O)NCc1cccnc1. The second-order valence-electron chi connectivity index (χ2n) is 5.36. The van der Waals surface area contributed by atoms with E-state index in [1.165, 1.54) is 6.92 Å². The van der Waals surface area contributed by atoms with Crippen molar-refractivity contribution in [1.82, 2.24) is 15.5 Å². The van der Waals surface area contributed by atoms with Crippen molar-refractivity contribution < 1.29 is 14.4 Å². The molecule has 1 atom stereocenters. The number of nitrogens with zero attached hydrogens (tertiary/aromatic N) is 2. The number of aromatic nitrogens is 2. The van der Waals surface area contributed by atoms with Gasteiger partial charge in [-0.1, -0.05) is 41.6 Å². The van der Waals surface area contributed by atoms with Crippen molar-refractivity contribution in [1.29, 1.82) is 0 Å². The molecule has 0 aliphatic rings. The van der Waals surface area contributed by atoms with Gasteiger partial charge in [-0.15, -0.1) is 0 Å².